The van der Waals surface area contributed by atoms with Crippen LogP contribution in [0.25, 0.3) is 0 Å². The third-order valence-electron chi connectivity index (χ3n) is 2.88. The lowest BCUT2D eigenvalue weighted by atomic mass is 10.2. The molecule has 1 aromatic heterocycles. The van der Waals surface area contributed by atoms with Gasteiger partial charge in [0.25, 0.3) is 0 Å². The van der Waals surface area contributed by atoms with Crippen molar-refractivity contribution in [1.29, 1.82) is 0 Å². The van der Waals surface area contributed by atoms with Crippen LogP contribution in [0.2, 0.25) is 0 Å². The van der Waals surface area contributed by atoms with Gasteiger partial charge in [-0.25, -0.2) is 17.9 Å². The van der Waals surface area contributed by atoms with Crippen LogP contribution >= 0.6 is 11.3 Å². The SMILES string of the molecule is COC(=O)c1ccccc1S(=O)(=O)NC(C)c1cccs1. The molecule has 1 unspecified atom stereocenters. The predicted molar refractivity (Wildman–Crippen MR) is 80.8 cm³/mol. The van der Waals surface area contributed by atoms with E-state index in [0.29, 0.717) is 0 Å². The molecule has 112 valence electrons. The number of hydrogen-bond donors (Lipinski definition) is 1. The van der Waals surface area contributed by atoms with Crippen LogP contribution < -0.4 is 4.72 Å². The third-order valence-corrected chi connectivity index (χ3v) is 5.54. The summed E-state index contributed by atoms with van der Waals surface area (Å²) in [6.07, 6.45) is 0. The van der Waals surface area contributed by atoms with Crippen molar-refractivity contribution in [3.8, 4) is 0 Å². The van der Waals surface area contributed by atoms with Gasteiger partial charge in [0, 0.05) is 4.88 Å². The summed E-state index contributed by atoms with van der Waals surface area (Å²) in [6.45, 7) is 1.75. The fourth-order valence-electron chi connectivity index (χ4n) is 1.87. The molecule has 1 atom stereocenters. The smallest absolute Gasteiger partial charge is 0.339 e. The number of ether oxygens (including phenoxy) is 1. The standard InChI is InChI=1S/C14H15NO4S2/c1-10(12-7-5-9-20-12)15-21(17,18)13-8-4-3-6-11(13)14(16)19-2/h3-10,15H,1-2H3. The largest absolute Gasteiger partial charge is 0.465 e. The Hall–Kier alpha value is -1.70. The minimum atomic E-state index is -3.82. The summed E-state index contributed by atoms with van der Waals surface area (Å²) in [5.74, 6) is -0.681. The highest BCUT2D eigenvalue weighted by atomic mass is 32.2. The van der Waals surface area contributed by atoms with Crippen molar-refractivity contribution in [2.45, 2.75) is 17.9 Å². The number of rotatable bonds is 5. The van der Waals surface area contributed by atoms with Crippen molar-refractivity contribution in [3.63, 3.8) is 0 Å². The fraction of sp³-hybridized carbons (Fsp3) is 0.214. The Morgan fingerprint density at radius 1 is 1.24 bits per heavy atom. The molecule has 1 N–H and O–H groups in total. The summed E-state index contributed by atoms with van der Waals surface area (Å²) < 4.78 is 32.1. The van der Waals surface area contributed by atoms with Crippen molar-refractivity contribution in [3.05, 3.63) is 52.2 Å². The highest BCUT2D eigenvalue weighted by molar-refractivity contribution is 7.89. The first kappa shape index (κ1) is 15.7. The molecule has 0 saturated carbocycles. The van der Waals surface area contributed by atoms with Crippen LogP contribution in [0.15, 0.2) is 46.7 Å². The molecular formula is C14H15NO4S2. The van der Waals surface area contributed by atoms with E-state index in [1.165, 1.54) is 30.6 Å². The molecule has 5 nitrogen and oxygen atoms in total. The quantitative estimate of drug-likeness (QED) is 0.858. The highest BCUT2D eigenvalue weighted by Gasteiger charge is 2.24. The van der Waals surface area contributed by atoms with Crippen LogP contribution in [0.5, 0.6) is 0 Å². The summed E-state index contributed by atoms with van der Waals surface area (Å²) >= 11 is 1.46. The third kappa shape index (κ3) is 3.49. The normalized spacial score (nSPS) is 12.9. The summed E-state index contributed by atoms with van der Waals surface area (Å²) in [5, 5.41) is 1.88. The summed E-state index contributed by atoms with van der Waals surface area (Å²) in [4.78, 5) is 12.5. The van der Waals surface area contributed by atoms with Crippen molar-refractivity contribution in [1.82, 2.24) is 4.72 Å². The zero-order valence-electron chi connectivity index (χ0n) is 11.6. The summed E-state index contributed by atoms with van der Waals surface area (Å²) in [5.41, 5.74) is 0.0193. The fourth-order valence-corrected chi connectivity index (χ4v) is 4.10. The Kier molecular flexibility index (Phi) is 4.76. The van der Waals surface area contributed by atoms with Gasteiger partial charge in [0.15, 0.2) is 0 Å². The number of nitrogens with one attached hydrogen (secondary N) is 1. The molecule has 0 bridgehead atoms. The number of benzene rings is 1. The second kappa shape index (κ2) is 6.38. The van der Waals surface area contributed by atoms with Crippen molar-refractivity contribution in [2.75, 3.05) is 7.11 Å². The van der Waals surface area contributed by atoms with Gasteiger partial charge in [0.2, 0.25) is 10.0 Å². The molecule has 1 aromatic carbocycles. The molecule has 0 spiro atoms. The first-order chi connectivity index (χ1) is 9.95. The summed E-state index contributed by atoms with van der Waals surface area (Å²) in [7, 11) is -2.60. The van der Waals surface area contributed by atoms with E-state index < -0.39 is 16.0 Å². The Labute approximate surface area is 127 Å². The van der Waals surface area contributed by atoms with E-state index in [4.69, 9.17) is 0 Å². The maximum absolute atomic E-state index is 12.5. The van der Waals surface area contributed by atoms with Gasteiger partial charge >= 0.3 is 5.97 Å². The average molecular weight is 325 g/mol. The molecular weight excluding hydrogens is 310 g/mol. The minimum absolute atomic E-state index is 0.0193. The number of thiophene rings is 1. The second-order valence-corrected chi connectivity index (χ2v) is 7.01. The lowest BCUT2D eigenvalue weighted by molar-refractivity contribution is 0.0596. The van der Waals surface area contributed by atoms with E-state index in [-0.39, 0.29) is 16.5 Å². The van der Waals surface area contributed by atoms with Gasteiger partial charge in [-0.3, -0.25) is 0 Å². The molecule has 0 aliphatic rings. The zero-order chi connectivity index (χ0) is 15.5. The minimum Gasteiger partial charge on any atom is -0.465 e. The molecule has 2 rings (SSSR count). The predicted octanol–water partition coefficient (Wildman–Crippen LogP) is 2.57. The van der Waals surface area contributed by atoms with Gasteiger partial charge in [-0.15, -0.1) is 11.3 Å². The van der Waals surface area contributed by atoms with Gasteiger partial charge in [0.1, 0.15) is 0 Å². The number of sulfonamides is 1. The van der Waals surface area contributed by atoms with Gasteiger partial charge < -0.3 is 4.74 Å². The van der Waals surface area contributed by atoms with E-state index >= 15 is 0 Å². The van der Waals surface area contributed by atoms with Crippen LogP contribution in [0, 0.1) is 0 Å². The Morgan fingerprint density at radius 2 is 1.95 bits per heavy atom. The molecule has 0 saturated heterocycles. The molecule has 0 fully saturated rings. The first-order valence-corrected chi connectivity index (χ1v) is 8.55. The van der Waals surface area contributed by atoms with Crippen LogP contribution in [-0.4, -0.2) is 21.5 Å². The zero-order valence-corrected chi connectivity index (χ0v) is 13.2. The van der Waals surface area contributed by atoms with Crippen LogP contribution in [0.1, 0.15) is 28.2 Å². The molecule has 0 aliphatic heterocycles. The van der Waals surface area contributed by atoms with Crippen LogP contribution in [-0.2, 0) is 14.8 Å². The lowest BCUT2D eigenvalue weighted by Gasteiger charge is -2.14. The Bertz CT molecular complexity index is 723. The molecule has 1 heterocycles. The van der Waals surface area contributed by atoms with Crippen molar-refractivity contribution >= 4 is 27.3 Å². The van der Waals surface area contributed by atoms with Gasteiger partial charge in [-0.1, -0.05) is 18.2 Å². The maximum atomic E-state index is 12.5. The van der Waals surface area contributed by atoms with E-state index in [1.54, 1.807) is 19.1 Å². The molecule has 2 aromatic rings. The number of carbonyl (C=O) groups excluding carboxylic acids is 1. The number of methoxy groups -OCH3 is 1. The highest BCUT2D eigenvalue weighted by Crippen LogP contribution is 2.22. The molecule has 0 radical (unpaired) electrons. The van der Waals surface area contributed by atoms with Gasteiger partial charge in [-0.2, -0.15) is 0 Å². The molecule has 0 aliphatic carbocycles. The van der Waals surface area contributed by atoms with Crippen molar-refractivity contribution in [2.24, 2.45) is 0 Å². The molecule has 21 heavy (non-hydrogen) atoms. The van der Waals surface area contributed by atoms with Crippen LogP contribution in [0.3, 0.4) is 0 Å². The molecule has 0 amide bonds. The van der Waals surface area contributed by atoms with E-state index in [9.17, 15) is 13.2 Å². The Balaban J connectivity index is 2.34. The topological polar surface area (TPSA) is 72.5 Å². The summed E-state index contributed by atoms with van der Waals surface area (Å²) in [6, 6.07) is 9.30. The monoisotopic (exact) mass is 325 g/mol. The van der Waals surface area contributed by atoms with Crippen LogP contribution in [0.4, 0.5) is 0 Å². The van der Waals surface area contributed by atoms with E-state index in [0.717, 1.165) is 4.88 Å². The van der Waals surface area contributed by atoms with E-state index in [1.807, 2.05) is 17.5 Å². The van der Waals surface area contributed by atoms with Gasteiger partial charge in [-0.05, 0) is 30.5 Å². The maximum Gasteiger partial charge on any atom is 0.339 e. The van der Waals surface area contributed by atoms with Gasteiger partial charge in [0.05, 0.1) is 23.6 Å². The van der Waals surface area contributed by atoms with Crippen molar-refractivity contribution < 1.29 is 17.9 Å². The van der Waals surface area contributed by atoms with E-state index in [2.05, 4.69) is 9.46 Å². The first-order valence-electron chi connectivity index (χ1n) is 6.19. The number of carbonyl (C=O) groups is 1. The average Bonchev–Trinajstić information content (AvgIpc) is 3.00. The number of hydrogen-bond acceptors (Lipinski definition) is 5. The lowest BCUT2D eigenvalue weighted by Crippen LogP contribution is -2.28. The second-order valence-electron chi connectivity index (χ2n) is 4.35. The molecule has 7 heteroatoms. The number of esters is 1. The Morgan fingerprint density at radius 3 is 2.57 bits per heavy atom.